The van der Waals surface area contributed by atoms with Gasteiger partial charge in [-0.25, -0.2) is 0 Å². The van der Waals surface area contributed by atoms with Crippen LogP contribution >= 0.6 is 11.6 Å². The number of hydrogen-bond acceptors (Lipinski definition) is 3. The monoisotopic (exact) mass is 269 g/mol. The predicted octanol–water partition coefficient (Wildman–Crippen LogP) is 2.93. The molecule has 1 heterocycles. The van der Waals surface area contributed by atoms with Crippen molar-refractivity contribution < 1.29 is 9.47 Å². The van der Waals surface area contributed by atoms with E-state index in [4.69, 9.17) is 26.8 Å². The molecule has 0 aromatic heterocycles. The van der Waals surface area contributed by atoms with Gasteiger partial charge in [0, 0.05) is 18.2 Å². The number of benzene rings is 1. The molecule has 0 aliphatic carbocycles. The molecule has 0 bridgehead atoms. The Bertz CT molecular complexity index is 367. The minimum Gasteiger partial charge on any atom is -0.376 e. The zero-order chi connectivity index (χ0) is 12.8. The fourth-order valence-corrected chi connectivity index (χ4v) is 2.37. The van der Waals surface area contributed by atoms with E-state index in [2.05, 4.69) is 0 Å². The van der Waals surface area contributed by atoms with E-state index in [1.165, 1.54) is 6.42 Å². The Kier molecular flexibility index (Phi) is 5.45. The minimum absolute atomic E-state index is 0.103. The van der Waals surface area contributed by atoms with Crippen molar-refractivity contribution in [3.8, 4) is 0 Å². The lowest BCUT2D eigenvalue weighted by Crippen LogP contribution is -2.27. The predicted molar refractivity (Wildman–Crippen MR) is 72.8 cm³/mol. The summed E-state index contributed by atoms with van der Waals surface area (Å²) in [5.74, 6) is 0. The van der Waals surface area contributed by atoms with Gasteiger partial charge in [0.25, 0.3) is 0 Å². The van der Waals surface area contributed by atoms with Crippen LogP contribution in [0.5, 0.6) is 0 Å². The summed E-state index contributed by atoms with van der Waals surface area (Å²) in [5.41, 5.74) is 6.79. The molecule has 1 fully saturated rings. The van der Waals surface area contributed by atoms with E-state index >= 15 is 0 Å². The van der Waals surface area contributed by atoms with Crippen LogP contribution in [0.4, 0.5) is 0 Å². The Morgan fingerprint density at radius 2 is 2.33 bits per heavy atom. The van der Waals surface area contributed by atoms with E-state index in [-0.39, 0.29) is 12.2 Å². The first-order valence-corrected chi connectivity index (χ1v) is 6.86. The average molecular weight is 270 g/mol. The first-order valence-electron chi connectivity index (χ1n) is 6.48. The Hall–Kier alpha value is -0.610. The minimum atomic E-state index is -0.103. The van der Waals surface area contributed by atoms with Crippen LogP contribution in [0.15, 0.2) is 24.3 Å². The Morgan fingerprint density at radius 3 is 3.00 bits per heavy atom. The number of hydrogen-bond donors (Lipinski definition) is 1. The highest BCUT2D eigenvalue weighted by atomic mass is 35.5. The number of ether oxygens (including phenoxy) is 2. The number of rotatable bonds is 5. The topological polar surface area (TPSA) is 44.5 Å². The van der Waals surface area contributed by atoms with Crippen LogP contribution in [0, 0.1) is 0 Å². The molecule has 1 aromatic rings. The zero-order valence-electron chi connectivity index (χ0n) is 10.5. The fraction of sp³-hybridized carbons (Fsp3) is 0.571. The molecule has 100 valence electrons. The molecule has 2 rings (SSSR count). The van der Waals surface area contributed by atoms with Crippen molar-refractivity contribution in [2.24, 2.45) is 5.73 Å². The lowest BCUT2D eigenvalue weighted by molar-refractivity contribution is -0.0617. The second kappa shape index (κ2) is 7.10. The lowest BCUT2D eigenvalue weighted by Gasteiger charge is -2.25. The lowest BCUT2D eigenvalue weighted by atomic mass is 10.1. The van der Waals surface area contributed by atoms with Gasteiger partial charge in [-0.15, -0.1) is 0 Å². The van der Waals surface area contributed by atoms with Gasteiger partial charge >= 0.3 is 0 Å². The van der Waals surface area contributed by atoms with Crippen molar-refractivity contribution in [1.82, 2.24) is 0 Å². The summed E-state index contributed by atoms with van der Waals surface area (Å²) in [6, 6.07) is 7.66. The van der Waals surface area contributed by atoms with Crippen molar-refractivity contribution >= 4 is 11.6 Å². The van der Waals surface area contributed by atoms with E-state index in [9.17, 15) is 0 Å². The largest absolute Gasteiger partial charge is 0.376 e. The molecule has 2 atom stereocenters. The summed E-state index contributed by atoms with van der Waals surface area (Å²) >= 11 is 5.97. The van der Waals surface area contributed by atoms with E-state index < -0.39 is 0 Å². The first kappa shape index (κ1) is 13.8. The molecule has 0 spiro atoms. The molecule has 3 nitrogen and oxygen atoms in total. The molecule has 2 unspecified atom stereocenters. The second-order valence-electron chi connectivity index (χ2n) is 4.60. The zero-order valence-corrected chi connectivity index (χ0v) is 11.2. The number of nitrogens with two attached hydrogens (primary N) is 1. The van der Waals surface area contributed by atoms with Crippen LogP contribution in [-0.4, -0.2) is 25.9 Å². The molecule has 0 radical (unpaired) electrons. The standard InChI is InChI=1S/C14H20ClNO2/c15-12-5-3-4-11(8-12)14(9-16)18-10-13-6-1-2-7-17-13/h3-5,8,13-14H,1-2,6-7,9-10,16H2. The van der Waals surface area contributed by atoms with Gasteiger partial charge < -0.3 is 15.2 Å². The highest BCUT2D eigenvalue weighted by Crippen LogP contribution is 2.22. The highest BCUT2D eigenvalue weighted by molar-refractivity contribution is 6.30. The Balaban J connectivity index is 1.88. The van der Waals surface area contributed by atoms with Crippen molar-refractivity contribution in [3.05, 3.63) is 34.9 Å². The van der Waals surface area contributed by atoms with Gasteiger partial charge in [-0.2, -0.15) is 0 Å². The Labute approximate surface area is 113 Å². The van der Waals surface area contributed by atoms with Crippen LogP contribution < -0.4 is 5.73 Å². The summed E-state index contributed by atoms with van der Waals surface area (Å²) in [4.78, 5) is 0. The summed E-state index contributed by atoms with van der Waals surface area (Å²) in [7, 11) is 0. The fourth-order valence-electron chi connectivity index (χ4n) is 2.17. The van der Waals surface area contributed by atoms with Crippen LogP contribution in [0.25, 0.3) is 0 Å². The van der Waals surface area contributed by atoms with E-state index in [0.29, 0.717) is 18.2 Å². The van der Waals surface area contributed by atoms with Crippen LogP contribution in [-0.2, 0) is 9.47 Å². The summed E-state index contributed by atoms with van der Waals surface area (Å²) < 4.78 is 11.5. The molecule has 18 heavy (non-hydrogen) atoms. The van der Waals surface area contributed by atoms with Gasteiger partial charge in [0.15, 0.2) is 0 Å². The molecule has 2 N–H and O–H groups in total. The molecular formula is C14H20ClNO2. The van der Waals surface area contributed by atoms with Gasteiger partial charge in [0.1, 0.15) is 0 Å². The number of halogens is 1. The van der Waals surface area contributed by atoms with Crippen molar-refractivity contribution in [2.45, 2.75) is 31.5 Å². The maximum Gasteiger partial charge on any atom is 0.0948 e. The maximum absolute atomic E-state index is 5.97. The third-order valence-corrected chi connectivity index (χ3v) is 3.43. The van der Waals surface area contributed by atoms with Crippen molar-refractivity contribution in [1.29, 1.82) is 0 Å². The summed E-state index contributed by atoms with van der Waals surface area (Å²) in [6.07, 6.45) is 3.57. The normalized spacial score (nSPS) is 21.8. The Morgan fingerprint density at radius 1 is 1.44 bits per heavy atom. The SMILES string of the molecule is NCC(OCC1CCCCO1)c1cccc(Cl)c1. The molecule has 1 aliphatic rings. The molecule has 0 saturated carbocycles. The van der Waals surface area contributed by atoms with E-state index in [0.717, 1.165) is 25.0 Å². The molecule has 1 saturated heterocycles. The second-order valence-corrected chi connectivity index (χ2v) is 5.04. The van der Waals surface area contributed by atoms with Crippen LogP contribution in [0.1, 0.15) is 30.9 Å². The smallest absolute Gasteiger partial charge is 0.0948 e. The van der Waals surface area contributed by atoms with E-state index in [1.807, 2.05) is 24.3 Å². The quantitative estimate of drug-likeness (QED) is 0.894. The molecular weight excluding hydrogens is 250 g/mol. The van der Waals surface area contributed by atoms with Gasteiger partial charge in [0.05, 0.1) is 18.8 Å². The van der Waals surface area contributed by atoms with Crippen molar-refractivity contribution in [2.75, 3.05) is 19.8 Å². The average Bonchev–Trinajstić information content (AvgIpc) is 2.41. The molecule has 1 aromatic carbocycles. The molecule has 1 aliphatic heterocycles. The van der Waals surface area contributed by atoms with E-state index in [1.54, 1.807) is 0 Å². The molecule has 0 amide bonds. The van der Waals surface area contributed by atoms with Gasteiger partial charge in [-0.3, -0.25) is 0 Å². The van der Waals surface area contributed by atoms with Gasteiger partial charge in [-0.05, 0) is 37.0 Å². The highest BCUT2D eigenvalue weighted by Gasteiger charge is 2.17. The first-order chi connectivity index (χ1) is 8.79. The van der Waals surface area contributed by atoms with Gasteiger partial charge in [-0.1, -0.05) is 23.7 Å². The summed E-state index contributed by atoms with van der Waals surface area (Å²) in [5, 5.41) is 0.712. The van der Waals surface area contributed by atoms with Gasteiger partial charge in [0.2, 0.25) is 0 Å². The summed E-state index contributed by atoms with van der Waals surface area (Å²) in [6.45, 7) is 1.90. The maximum atomic E-state index is 5.97. The van der Waals surface area contributed by atoms with Crippen LogP contribution in [0.3, 0.4) is 0 Å². The van der Waals surface area contributed by atoms with Crippen molar-refractivity contribution in [3.63, 3.8) is 0 Å². The molecule has 4 heteroatoms. The third kappa shape index (κ3) is 3.95. The third-order valence-electron chi connectivity index (χ3n) is 3.19. The van der Waals surface area contributed by atoms with Crippen LogP contribution in [0.2, 0.25) is 5.02 Å².